The van der Waals surface area contributed by atoms with Crippen LogP contribution in [0.4, 0.5) is 0 Å². The Bertz CT molecular complexity index is 674. The number of nitrogens with zero attached hydrogens (tertiary/aromatic N) is 1. The van der Waals surface area contributed by atoms with Crippen LogP contribution in [0.15, 0.2) is 36.4 Å². The summed E-state index contributed by atoms with van der Waals surface area (Å²) in [6.45, 7) is 1.03. The van der Waals surface area contributed by atoms with E-state index in [0.717, 1.165) is 18.5 Å². The topological polar surface area (TPSA) is 30.9 Å². The van der Waals surface area contributed by atoms with Gasteiger partial charge in [0.1, 0.15) is 0 Å². The molecule has 4 nitrogen and oxygen atoms in total. The average molecular weight is 313 g/mol. The van der Waals surface area contributed by atoms with E-state index in [-0.39, 0.29) is 6.04 Å². The van der Waals surface area contributed by atoms with Gasteiger partial charge in [0.25, 0.3) is 0 Å². The van der Waals surface area contributed by atoms with Gasteiger partial charge in [-0.25, -0.2) is 0 Å². The molecule has 2 aromatic carbocycles. The first-order chi connectivity index (χ1) is 11.2. The molecule has 1 unspecified atom stereocenters. The van der Waals surface area contributed by atoms with Crippen LogP contribution >= 0.6 is 0 Å². The molecule has 0 bridgehead atoms. The maximum atomic E-state index is 5.51. The normalized spacial score (nSPS) is 17.5. The molecule has 122 valence electrons. The number of ether oxygens (including phenoxy) is 3. The molecule has 1 aliphatic rings. The van der Waals surface area contributed by atoms with Crippen molar-refractivity contribution in [3.8, 4) is 17.2 Å². The van der Waals surface area contributed by atoms with Crippen LogP contribution in [0.25, 0.3) is 0 Å². The zero-order chi connectivity index (χ0) is 16.4. The molecule has 0 saturated carbocycles. The Kier molecular flexibility index (Phi) is 4.44. The molecule has 23 heavy (non-hydrogen) atoms. The van der Waals surface area contributed by atoms with Crippen LogP contribution in [-0.2, 0) is 6.42 Å². The quantitative estimate of drug-likeness (QED) is 0.867. The molecule has 4 heteroatoms. The zero-order valence-corrected chi connectivity index (χ0v) is 14.1. The van der Waals surface area contributed by atoms with Gasteiger partial charge in [-0.2, -0.15) is 0 Å². The summed E-state index contributed by atoms with van der Waals surface area (Å²) in [4.78, 5) is 2.36. The fourth-order valence-electron chi connectivity index (χ4n) is 3.39. The lowest BCUT2D eigenvalue weighted by molar-refractivity contribution is 0.262. The van der Waals surface area contributed by atoms with Crippen LogP contribution in [0.1, 0.15) is 22.7 Å². The lowest BCUT2D eigenvalue weighted by atomic mass is 9.88. The molecule has 0 aliphatic carbocycles. The van der Waals surface area contributed by atoms with Crippen LogP contribution in [0.2, 0.25) is 0 Å². The smallest absolute Gasteiger partial charge is 0.203 e. The predicted molar refractivity (Wildman–Crippen MR) is 90.7 cm³/mol. The van der Waals surface area contributed by atoms with Crippen molar-refractivity contribution in [2.45, 2.75) is 12.5 Å². The van der Waals surface area contributed by atoms with Gasteiger partial charge in [-0.15, -0.1) is 0 Å². The highest BCUT2D eigenvalue weighted by Gasteiger charge is 2.28. The van der Waals surface area contributed by atoms with Crippen molar-refractivity contribution in [1.29, 1.82) is 0 Å². The number of benzene rings is 2. The highest BCUT2D eigenvalue weighted by molar-refractivity contribution is 5.56. The van der Waals surface area contributed by atoms with Gasteiger partial charge in [0.05, 0.1) is 27.4 Å². The third-order valence-electron chi connectivity index (χ3n) is 4.53. The molecule has 0 aromatic heterocycles. The maximum absolute atomic E-state index is 5.51. The number of methoxy groups -OCH3 is 3. The molecule has 0 amide bonds. The molecule has 0 spiro atoms. The lowest BCUT2D eigenvalue weighted by Gasteiger charge is -2.35. The second-order valence-corrected chi connectivity index (χ2v) is 5.79. The summed E-state index contributed by atoms with van der Waals surface area (Å²) >= 11 is 0. The predicted octanol–water partition coefficient (Wildman–Crippen LogP) is 3.29. The molecule has 1 heterocycles. The first-order valence-corrected chi connectivity index (χ1v) is 7.77. The van der Waals surface area contributed by atoms with Gasteiger partial charge < -0.3 is 14.2 Å². The van der Waals surface area contributed by atoms with Crippen molar-refractivity contribution < 1.29 is 14.2 Å². The minimum absolute atomic E-state index is 0.189. The van der Waals surface area contributed by atoms with Gasteiger partial charge in [-0.05, 0) is 42.3 Å². The third-order valence-corrected chi connectivity index (χ3v) is 4.53. The third kappa shape index (κ3) is 2.75. The molecule has 3 rings (SSSR count). The SMILES string of the molecule is COc1cc(C2c3ccccc3CCN2C)cc(OC)c1OC. The van der Waals surface area contributed by atoms with E-state index in [1.54, 1.807) is 21.3 Å². The molecule has 0 N–H and O–H groups in total. The Morgan fingerprint density at radius 3 is 2.22 bits per heavy atom. The summed E-state index contributed by atoms with van der Waals surface area (Å²) in [5.41, 5.74) is 3.90. The van der Waals surface area contributed by atoms with E-state index in [9.17, 15) is 0 Å². The van der Waals surface area contributed by atoms with Crippen molar-refractivity contribution in [3.05, 3.63) is 53.1 Å². The number of fused-ring (bicyclic) bond motifs is 1. The molecular weight excluding hydrogens is 290 g/mol. The Balaban J connectivity index is 2.14. The lowest BCUT2D eigenvalue weighted by Crippen LogP contribution is -2.32. The van der Waals surface area contributed by atoms with E-state index in [1.807, 2.05) is 12.1 Å². The second-order valence-electron chi connectivity index (χ2n) is 5.79. The van der Waals surface area contributed by atoms with Gasteiger partial charge in [0.15, 0.2) is 11.5 Å². The summed E-state index contributed by atoms with van der Waals surface area (Å²) in [5, 5.41) is 0. The van der Waals surface area contributed by atoms with Gasteiger partial charge in [-0.1, -0.05) is 24.3 Å². The van der Waals surface area contributed by atoms with Crippen molar-refractivity contribution >= 4 is 0 Å². The number of rotatable bonds is 4. The summed E-state index contributed by atoms with van der Waals surface area (Å²) in [5.74, 6) is 2.02. The maximum Gasteiger partial charge on any atom is 0.203 e. The summed E-state index contributed by atoms with van der Waals surface area (Å²) in [7, 11) is 7.09. The fraction of sp³-hybridized carbons (Fsp3) is 0.368. The second kappa shape index (κ2) is 6.50. The highest BCUT2D eigenvalue weighted by Crippen LogP contribution is 2.43. The molecule has 0 saturated heterocycles. The molecule has 0 fully saturated rings. The van der Waals surface area contributed by atoms with Crippen LogP contribution in [0.5, 0.6) is 17.2 Å². The molecule has 2 aromatic rings. The van der Waals surface area contributed by atoms with Crippen molar-refractivity contribution in [1.82, 2.24) is 4.90 Å². The number of likely N-dealkylation sites (N-methyl/N-ethyl adjacent to an activating group) is 1. The van der Waals surface area contributed by atoms with Gasteiger partial charge >= 0.3 is 0 Å². The first kappa shape index (κ1) is 15.7. The monoisotopic (exact) mass is 313 g/mol. The molecule has 0 radical (unpaired) electrons. The Morgan fingerprint density at radius 2 is 1.61 bits per heavy atom. The first-order valence-electron chi connectivity index (χ1n) is 7.77. The minimum Gasteiger partial charge on any atom is -0.493 e. The van der Waals surface area contributed by atoms with E-state index in [0.29, 0.717) is 17.2 Å². The van der Waals surface area contributed by atoms with Crippen LogP contribution in [-0.4, -0.2) is 39.8 Å². The zero-order valence-electron chi connectivity index (χ0n) is 14.1. The van der Waals surface area contributed by atoms with Gasteiger partial charge in [0, 0.05) is 6.54 Å². The van der Waals surface area contributed by atoms with Crippen molar-refractivity contribution in [2.75, 3.05) is 34.9 Å². The molecule has 1 atom stereocenters. The largest absolute Gasteiger partial charge is 0.493 e. The van der Waals surface area contributed by atoms with Crippen LogP contribution in [0, 0.1) is 0 Å². The summed E-state index contributed by atoms with van der Waals surface area (Å²) in [6.07, 6.45) is 1.08. The van der Waals surface area contributed by atoms with E-state index in [1.165, 1.54) is 11.1 Å². The van der Waals surface area contributed by atoms with E-state index < -0.39 is 0 Å². The fourth-order valence-corrected chi connectivity index (χ4v) is 3.39. The average Bonchev–Trinajstić information content (AvgIpc) is 2.60. The van der Waals surface area contributed by atoms with Crippen LogP contribution < -0.4 is 14.2 Å². The van der Waals surface area contributed by atoms with Crippen molar-refractivity contribution in [3.63, 3.8) is 0 Å². The standard InChI is InChI=1S/C19H23NO3/c1-20-10-9-13-7-5-6-8-15(13)18(20)14-11-16(21-2)19(23-4)17(12-14)22-3/h5-8,11-12,18H,9-10H2,1-4H3. The minimum atomic E-state index is 0.189. The summed E-state index contributed by atoms with van der Waals surface area (Å²) < 4.78 is 16.5. The number of hydrogen-bond donors (Lipinski definition) is 0. The summed E-state index contributed by atoms with van der Waals surface area (Å²) in [6, 6.07) is 12.9. The van der Waals surface area contributed by atoms with E-state index in [2.05, 4.69) is 36.2 Å². The van der Waals surface area contributed by atoms with Gasteiger partial charge in [0.2, 0.25) is 5.75 Å². The molecule has 1 aliphatic heterocycles. The Hall–Kier alpha value is -2.20. The van der Waals surface area contributed by atoms with Crippen LogP contribution in [0.3, 0.4) is 0 Å². The number of hydrogen-bond acceptors (Lipinski definition) is 4. The highest BCUT2D eigenvalue weighted by atomic mass is 16.5. The van der Waals surface area contributed by atoms with Crippen molar-refractivity contribution in [2.24, 2.45) is 0 Å². The Labute approximate surface area is 137 Å². The Morgan fingerprint density at radius 1 is 0.957 bits per heavy atom. The van der Waals surface area contributed by atoms with Gasteiger partial charge in [-0.3, -0.25) is 4.90 Å². The van der Waals surface area contributed by atoms with E-state index in [4.69, 9.17) is 14.2 Å². The van der Waals surface area contributed by atoms with E-state index >= 15 is 0 Å². The molecular formula is C19H23NO3.